The Morgan fingerprint density at radius 3 is 2.40 bits per heavy atom. The zero-order valence-electron chi connectivity index (χ0n) is 22.5. The van der Waals surface area contributed by atoms with E-state index in [1.165, 1.54) is 12.0 Å². The van der Waals surface area contributed by atoms with E-state index in [-0.39, 0.29) is 38.4 Å². The van der Waals surface area contributed by atoms with Crippen molar-refractivity contribution in [1.29, 1.82) is 0 Å². The number of amides is 4. The van der Waals surface area contributed by atoms with Crippen LogP contribution in [0.2, 0.25) is 0 Å². The summed E-state index contributed by atoms with van der Waals surface area (Å²) < 4.78 is 5.39. The number of rotatable bonds is 13. The van der Waals surface area contributed by atoms with E-state index in [2.05, 4.69) is 20.9 Å². The van der Waals surface area contributed by atoms with Gasteiger partial charge < -0.3 is 30.7 Å². The van der Waals surface area contributed by atoms with Crippen LogP contribution < -0.4 is 20.7 Å². The van der Waals surface area contributed by atoms with Crippen molar-refractivity contribution < 1.29 is 29.0 Å². The molecule has 0 aliphatic rings. The third kappa shape index (κ3) is 9.43. The molecular formula is C29H33N5O6. The van der Waals surface area contributed by atoms with Crippen molar-refractivity contribution in [3.05, 3.63) is 83.7 Å². The second kappa shape index (κ2) is 14.9. The number of ether oxygens (including phenoxy) is 1. The van der Waals surface area contributed by atoms with E-state index < -0.39 is 17.9 Å². The number of carbonyl (C=O) groups excluding carboxylic acids is 3. The number of hydrogen-bond donors (Lipinski definition) is 4. The topological polar surface area (TPSA) is 150 Å². The summed E-state index contributed by atoms with van der Waals surface area (Å²) >= 11 is 0. The molecule has 3 aromatic rings. The maximum atomic E-state index is 12.8. The lowest BCUT2D eigenvalue weighted by molar-refractivity contribution is -0.139. The Kier molecular flexibility index (Phi) is 11.0. The summed E-state index contributed by atoms with van der Waals surface area (Å²) in [4.78, 5) is 54.5. The predicted octanol–water partition coefficient (Wildman–Crippen LogP) is 3.25. The van der Waals surface area contributed by atoms with Gasteiger partial charge >= 0.3 is 12.0 Å². The van der Waals surface area contributed by atoms with E-state index in [0.29, 0.717) is 29.1 Å². The number of nitrogens with zero attached hydrogens (tertiary/aromatic N) is 2. The normalized spacial score (nSPS) is 10.3. The Hall–Kier alpha value is -4.93. The van der Waals surface area contributed by atoms with Gasteiger partial charge in [-0.05, 0) is 48.4 Å². The van der Waals surface area contributed by atoms with Crippen LogP contribution in [0.25, 0.3) is 0 Å². The lowest BCUT2D eigenvalue weighted by Crippen LogP contribution is -2.42. The fourth-order valence-electron chi connectivity index (χ4n) is 3.86. The molecule has 4 amide bonds. The number of anilines is 2. The number of aliphatic carboxylic acids is 1. The smallest absolute Gasteiger partial charge is 0.323 e. The summed E-state index contributed by atoms with van der Waals surface area (Å²) in [6.07, 6.45) is 1.88. The molecule has 11 heteroatoms. The van der Waals surface area contributed by atoms with Gasteiger partial charge in [0.2, 0.25) is 11.8 Å². The Morgan fingerprint density at radius 1 is 0.950 bits per heavy atom. The van der Waals surface area contributed by atoms with Crippen LogP contribution in [0.4, 0.5) is 16.2 Å². The highest BCUT2D eigenvalue weighted by atomic mass is 16.5. The lowest BCUT2D eigenvalue weighted by Gasteiger charge is -2.22. The second-order valence-corrected chi connectivity index (χ2v) is 8.98. The van der Waals surface area contributed by atoms with Crippen molar-refractivity contribution in [3.8, 4) is 5.75 Å². The van der Waals surface area contributed by atoms with E-state index in [4.69, 9.17) is 9.84 Å². The number of methoxy groups -OCH3 is 1. The summed E-state index contributed by atoms with van der Waals surface area (Å²) in [6, 6.07) is 17.4. The van der Waals surface area contributed by atoms with Crippen LogP contribution in [0, 0.1) is 6.92 Å². The average Bonchev–Trinajstić information content (AvgIpc) is 2.94. The number of aromatic nitrogens is 1. The van der Waals surface area contributed by atoms with Gasteiger partial charge in [0.05, 0.1) is 32.2 Å². The SMILES string of the molecule is COc1cc(CC(=O)NCC(=O)N(CCC(=O)O)CCc2ccccn2)ccc1NC(=O)Nc1ccccc1C. The molecule has 210 valence electrons. The Morgan fingerprint density at radius 2 is 1.70 bits per heavy atom. The van der Waals surface area contributed by atoms with Crippen molar-refractivity contribution >= 4 is 35.2 Å². The number of aryl methyl sites for hydroxylation is 1. The van der Waals surface area contributed by atoms with Gasteiger partial charge in [-0.2, -0.15) is 0 Å². The molecule has 11 nitrogen and oxygen atoms in total. The minimum absolute atomic E-state index is 0.0254. The molecule has 0 radical (unpaired) electrons. The Balaban J connectivity index is 1.54. The molecule has 0 saturated heterocycles. The largest absolute Gasteiger partial charge is 0.495 e. The van der Waals surface area contributed by atoms with Crippen LogP contribution in [0.15, 0.2) is 66.9 Å². The second-order valence-electron chi connectivity index (χ2n) is 8.98. The molecule has 0 aliphatic carbocycles. The van der Waals surface area contributed by atoms with Gasteiger partial charge in [0.25, 0.3) is 0 Å². The summed E-state index contributed by atoms with van der Waals surface area (Å²) in [5.74, 6) is -1.42. The molecule has 1 aromatic heterocycles. The number of hydrogen-bond acceptors (Lipinski definition) is 6. The summed E-state index contributed by atoms with van der Waals surface area (Å²) in [6.45, 7) is 1.93. The lowest BCUT2D eigenvalue weighted by atomic mass is 10.1. The zero-order valence-corrected chi connectivity index (χ0v) is 22.5. The number of pyridine rings is 1. The number of carboxylic acids is 1. The minimum atomic E-state index is -1.01. The van der Waals surface area contributed by atoms with Crippen molar-refractivity contribution in [2.24, 2.45) is 0 Å². The molecule has 4 N–H and O–H groups in total. The van der Waals surface area contributed by atoms with Gasteiger partial charge in [0, 0.05) is 37.1 Å². The molecule has 2 aromatic carbocycles. The molecule has 40 heavy (non-hydrogen) atoms. The number of urea groups is 1. The number of nitrogens with one attached hydrogen (secondary N) is 3. The van der Waals surface area contributed by atoms with Crippen LogP contribution in [-0.2, 0) is 27.2 Å². The van der Waals surface area contributed by atoms with Gasteiger partial charge in [-0.3, -0.25) is 19.4 Å². The van der Waals surface area contributed by atoms with Gasteiger partial charge in [-0.25, -0.2) is 4.79 Å². The minimum Gasteiger partial charge on any atom is -0.495 e. The summed E-state index contributed by atoms with van der Waals surface area (Å²) in [5, 5.41) is 17.2. The van der Waals surface area contributed by atoms with Gasteiger partial charge in [-0.1, -0.05) is 30.3 Å². The van der Waals surface area contributed by atoms with E-state index in [1.807, 2.05) is 37.3 Å². The quantitative estimate of drug-likeness (QED) is 0.257. The number of carbonyl (C=O) groups is 4. The molecule has 0 unspecified atom stereocenters. The van der Waals surface area contributed by atoms with Crippen molar-refractivity contribution in [2.75, 3.05) is 37.4 Å². The molecule has 0 spiro atoms. The van der Waals surface area contributed by atoms with Crippen molar-refractivity contribution in [3.63, 3.8) is 0 Å². The predicted molar refractivity (Wildman–Crippen MR) is 150 cm³/mol. The maximum absolute atomic E-state index is 12.8. The monoisotopic (exact) mass is 547 g/mol. The van der Waals surface area contributed by atoms with Crippen LogP contribution >= 0.6 is 0 Å². The fraction of sp³-hybridized carbons (Fsp3) is 0.276. The summed E-state index contributed by atoms with van der Waals surface area (Å²) in [7, 11) is 1.46. The number of carboxylic acid groups (broad SMARTS) is 1. The first-order valence-corrected chi connectivity index (χ1v) is 12.7. The van der Waals surface area contributed by atoms with Crippen LogP contribution in [0.1, 0.15) is 23.2 Å². The molecule has 1 heterocycles. The van der Waals surface area contributed by atoms with Crippen molar-refractivity contribution in [2.45, 2.75) is 26.2 Å². The van der Waals surface area contributed by atoms with Gasteiger partial charge in [-0.15, -0.1) is 0 Å². The fourth-order valence-corrected chi connectivity index (χ4v) is 3.86. The van der Waals surface area contributed by atoms with E-state index >= 15 is 0 Å². The third-order valence-electron chi connectivity index (χ3n) is 6.02. The number of para-hydroxylation sites is 1. The molecule has 3 rings (SSSR count). The molecule has 0 bridgehead atoms. The first-order chi connectivity index (χ1) is 19.2. The van der Waals surface area contributed by atoms with E-state index in [0.717, 1.165) is 11.3 Å². The molecular weight excluding hydrogens is 514 g/mol. The van der Waals surface area contributed by atoms with Crippen LogP contribution in [-0.4, -0.2) is 65.5 Å². The van der Waals surface area contributed by atoms with E-state index in [9.17, 15) is 19.2 Å². The number of benzene rings is 2. The molecule has 0 atom stereocenters. The van der Waals surface area contributed by atoms with E-state index in [1.54, 1.807) is 36.5 Å². The van der Waals surface area contributed by atoms with Crippen molar-refractivity contribution in [1.82, 2.24) is 15.2 Å². The molecule has 0 saturated carbocycles. The first-order valence-electron chi connectivity index (χ1n) is 12.7. The molecule has 0 fully saturated rings. The Bertz CT molecular complexity index is 1330. The highest BCUT2D eigenvalue weighted by Gasteiger charge is 2.17. The first kappa shape index (κ1) is 29.6. The maximum Gasteiger partial charge on any atom is 0.323 e. The Labute approximate surface area is 232 Å². The van der Waals surface area contributed by atoms with Gasteiger partial charge in [0.15, 0.2) is 0 Å². The molecule has 0 aliphatic heterocycles. The average molecular weight is 548 g/mol. The van der Waals surface area contributed by atoms with Gasteiger partial charge in [0.1, 0.15) is 5.75 Å². The third-order valence-corrected chi connectivity index (χ3v) is 6.02. The van der Waals surface area contributed by atoms with Crippen LogP contribution in [0.3, 0.4) is 0 Å². The standard InChI is InChI=1S/C29H33N5O6/c1-20-7-3-4-9-23(20)32-29(39)33-24-11-10-21(17-25(24)40-2)18-26(35)31-19-27(36)34(16-13-28(37)38)15-12-22-8-5-6-14-30-22/h3-11,14,17H,12-13,15-16,18-19H2,1-2H3,(H,31,35)(H,37,38)(H2,32,33,39). The summed E-state index contributed by atoms with van der Waals surface area (Å²) in [5.41, 5.74) is 3.42. The highest BCUT2D eigenvalue weighted by molar-refractivity contribution is 6.01. The highest BCUT2D eigenvalue weighted by Crippen LogP contribution is 2.26. The van der Waals surface area contributed by atoms with Crippen LogP contribution in [0.5, 0.6) is 5.75 Å². The zero-order chi connectivity index (χ0) is 28.9.